The first kappa shape index (κ1) is 16.3. The minimum Gasteiger partial charge on any atom is -0.518 e. The van der Waals surface area contributed by atoms with Crippen LogP contribution in [-0.4, -0.2) is 5.88 Å². The molecule has 0 spiro atoms. The molecule has 9 heavy (non-hydrogen) atoms. The third kappa shape index (κ3) is 28.7. The van der Waals surface area contributed by atoms with E-state index in [9.17, 15) is 0 Å². The molecule has 0 radical (unpaired) electrons. The molecule has 0 aliphatic rings. The Balaban J connectivity index is -0.000000109. The molecule has 0 aromatic rings. The zero-order valence-corrected chi connectivity index (χ0v) is 9.79. The Labute approximate surface area is 76.4 Å². The number of alkyl halides is 1. The predicted octanol–water partition coefficient (Wildman–Crippen LogP) is 2.83. The van der Waals surface area contributed by atoms with Gasteiger partial charge in [-0.2, -0.15) is 6.92 Å². The molecule has 0 rings (SSSR count). The van der Waals surface area contributed by atoms with Crippen LogP contribution in [0.15, 0.2) is 6.08 Å². The van der Waals surface area contributed by atoms with Crippen molar-refractivity contribution < 1.29 is 19.5 Å². The van der Waals surface area contributed by atoms with Gasteiger partial charge in [-0.15, -0.1) is 11.6 Å². The molecule has 0 saturated heterocycles. The Morgan fingerprint density at radius 1 is 1.56 bits per heavy atom. The van der Waals surface area contributed by atoms with E-state index in [0.717, 1.165) is 12.8 Å². The molecular formula is C7H13ClZn. The Bertz CT molecular complexity index is 37.9. The van der Waals surface area contributed by atoms with Gasteiger partial charge in [0.05, 0.1) is 0 Å². The van der Waals surface area contributed by atoms with Crippen molar-refractivity contribution >= 4 is 11.6 Å². The predicted molar refractivity (Wildman–Crippen MR) is 39.9 cm³/mol. The van der Waals surface area contributed by atoms with Crippen molar-refractivity contribution in [2.75, 3.05) is 5.88 Å². The van der Waals surface area contributed by atoms with Gasteiger partial charge in [-0.25, -0.2) is 0 Å². The van der Waals surface area contributed by atoms with Gasteiger partial charge in [0, 0.05) is 5.88 Å². The first-order valence-electron chi connectivity index (χ1n) is 2.72. The van der Waals surface area contributed by atoms with Gasteiger partial charge in [0.25, 0.3) is 0 Å². The van der Waals surface area contributed by atoms with E-state index in [1.807, 2.05) is 0 Å². The van der Waals surface area contributed by atoms with Gasteiger partial charge in [-0.05, 0) is 6.42 Å². The van der Waals surface area contributed by atoms with E-state index in [0.29, 0.717) is 5.88 Å². The summed E-state index contributed by atoms with van der Waals surface area (Å²) < 4.78 is 0. The summed E-state index contributed by atoms with van der Waals surface area (Å²) in [5, 5.41) is 0. The average Bonchev–Trinajstić information content (AvgIpc) is 1.88. The second-order valence-corrected chi connectivity index (χ2v) is 1.44. The number of hydrogen-bond donors (Lipinski definition) is 0. The molecule has 0 aromatic carbocycles. The van der Waals surface area contributed by atoms with Crippen molar-refractivity contribution in [3.8, 4) is 0 Å². The van der Waals surface area contributed by atoms with Gasteiger partial charge >= 0.3 is 19.5 Å². The van der Waals surface area contributed by atoms with Crippen molar-refractivity contribution in [2.45, 2.75) is 19.8 Å². The molecule has 0 heterocycles. The summed E-state index contributed by atoms with van der Waals surface area (Å²) in [5.74, 6) is 0.716. The molecule has 0 nitrogen and oxygen atoms in total. The minimum atomic E-state index is 0. The normalized spacial score (nSPS) is 6.11. The van der Waals surface area contributed by atoms with E-state index >= 15 is 0 Å². The fourth-order valence-electron chi connectivity index (χ4n) is 0.195. The maximum Gasteiger partial charge on any atom is 2.00 e. The Morgan fingerprint density at radius 2 is 2.00 bits per heavy atom. The van der Waals surface area contributed by atoms with Crippen LogP contribution < -0.4 is 0 Å². The fraction of sp³-hybridized carbons (Fsp3) is 0.571. The quantitative estimate of drug-likeness (QED) is 0.283. The van der Waals surface area contributed by atoms with Crippen LogP contribution in [0.25, 0.3) is 0 Å². The number of allylic oxidation sites excluding steroid dienone is 1. The summed E-state index contributed by atoms with van der Waals surface area (Å²) in [5.41, 5.74) is 0. The van der Waals surface area contributed by atoms with Gasteiger partial charge in [-0.3, -0.25) is 6.08 Å². The SMILES string of the molecule is [CH-]=CCCCCl.[CH2-]C.[Zn+2]. The maximum absolute atomic E-state index is 5.30. The van der Waals surface area contributed by atoms with Gasteiger partial charge in [0.1, 0.15) is 0 Å². The number of unbranched alkanes of at least 4 members (excludes halogenated alkanes) is 1. The Hall–Kier alpha value is 0.653. The van der Waals surface area contributed by atoms with E-state index in [-0.39, 0.29) is 19.5 Å². The summed E-state index contributed by atoms with van der Waals surface area (Å²) in [6.45, 7) is 10.0. The molecule has 0 N–H and O–H groups in total. The number of rotatable bonds is 3. The van der Waals surface area contributed by atoms with E-state index < -0.39 is 0 Å². The van der Waals surface area contributed by atoms with Crippen LogP contribution in [0, 0.1) is 13.5 Å². The van der Waals surface area contributed by atoms with Crippen LogP contribution in [0.1, 0.15) is 19.8 Å². The first-order valence-corrected chi connectivity index (χ1v) is 3.25. The zero-order valence-electron chi connectivity index (χ0n) is 6.07. The maximum atomic E-state index is 5.30. The van der Waals surface area contributed by atoms with E-state index in [1.54, 1.807) is 13.0 Å². The summed E-state index contributed by atoms with van der Waals surface area (Å²) >= 11 is 5.30. The minimum absolute atomic E-state index is 0. The second kappa shape index (κ2) is 23.4. The molecule has 50 valence electrons. The standard InChI is InChI=1S/C5H8Cl.C2H5.Zn/c1-2-3-4-5-6;1-2;/h1-2H,3-5H2;1H2,2H3;/q2*-1;+2. The Morgan fingerprint density at radius 3 is 2.11 bits per heavy atom. The van der Waals surface area contributed by atoms with Crippen molar-refractivity contribution in [3.63, 3.8) is 0 Å². The monoisotopic (exact) mass is 196 g/mol. The van der Waals surface area contributed by atoms with E-state index in [1.165, 1.54) is 0 Å². The topological polar surface area (TPSA) is 0 Å². The van der Waals surface area contributed by atoms with Gasteiger partial charge in [0.2, 0.25) is 0 Å². The van der Waals surface area contributed by atoms with Crippen molar-refractivity contribution in [2.24, 2.45) is 0 Å². The van der Waals surface area contributed by atoms with Gasteiger partial charge < -0.3 is 13.5 Å². The summed E-state index contributed by atoms with van der Waals surface area (Å²) in [6, 6.07) is 0. The van der Waals surface area contributed by atoms with Crippen molar-refractivity contribution in [1.29, 1.82) is 0 Å². The van der Waals surface area contributed by atoms with Crippen molar-refractivity contribution in [1.82, 2.24) is 0 Å². The molecular weight excluding hydrogens is 185 g/mol. The second-order valence-electron chi connectivity index (χ2n) is 1.07. The number of hydrogen-bond acceptors (Lipinski definition) is 0. The first-order chi connectivity index (χ1) is 3.91. The summed E-state index contributed by atoms with van der Waals surface area (Å²) in [4.78, 5) is 0. The van der Waals surface area contributed by atoms with Crippen LogP contribution in [-0.2, 0) is 19.5 Å². The molecule has 0 aromatic heterocycles. The molecule has 0 atom stereocenters. The van der Waals surface area contributed by atoms with Crippen LogP contribution in [0.2, 0.25) is 0 Å². The third-order valence-corrected chi connectivity index (χ3v) is 0.772. The fourth-order valence-corrected chi connectivity index (χ4v) is 0.349. The number of halogens is 1. The van der Waals surface area contributed by atoms with Crippen LogP contribution in [0.3, 0.4) is 0 Å². The van der Waals surface area contributed by atoms with Gasteiger partial charge in [-0.1, -0.05) is 6.42 Å². The van der Waals surface area contributed by atoms with Crippen LogP contribution in [0.4, 0.5) is 0 Å². The third-order valence-electron chi connectivity index (χ3n) is 0.504. The molecule has 0 unspecified atom stereocenters. The van der Waals surface area contributed by atoms with E-state index in [2.05, 4.69) is 6.92 Å². The molecule has 0 saturated carbocycles. The molecule has 0 aliphatic carbocycles. The summed E-state index contributed by atoms with van der Waals surface area (Å²) in [6.07, 6.45) is 3.56. The largest absolute Gasteiger partial charge is 2.00 e. The molecule has 2 heteroatoms. The molecule has 0 fully saturated rings. The van der Waals surface area contributed by atoms with Gasteiger partial charge in [0.15, 0.2) is 0 Å². The van der Waals surface area contributed by atoms with Crippen LogP contribution >= 0.6 is 11.6 Å². The van der Waals surface area contributed by atoms with E-state index in [4.69, 9.17) is 18.2 Å². The Kier molecular flexibility index (Phi) is 42.5. The van der Waals surface area contributed by atoms with Crippen LogP contribution in [0.5, 0.6) is 0 Å². The molecule has 0 amide bonds. The zero-order chi connectivity index (χ0) is 6.83. The van der Waals surface area contributed by atoms with Crippen molar-refractivity contribution in [3.05, 3.63) is 19.6 Å². The molecule has 0 bridgehead atoms. The molecule has 0 aliphatic heterocycles. The summed E-state index contributed by atoms with van der Waals surface area (Å²) in [7, 11) is 0. The average molecular weight is 198 g/mol. The smallest absolute Gasteiger partial charge is 0.518 e.